The lowest BCUT2D eigenvalue weighted by atomic mass is 10.2. The topological polar surface area (TPSA) is 62.2 Å². The average Bonchev–Trinajstić information content (AvgIpc) is 2.35. The van der Waals surface area contributed by atoms with Crippen molar-refractivity contribution >= 4 is 29.1 Å². The normalized spacial score (nSPS) is 10.3. The number of nitrogens with one attached hydrogen (secondary N) is 1. The number of aromatic nitrogens is 1. The average molecular weight is 277 g/mol. The standard InChI is InChI=1S/C14H13ClN2O2/c1-8-6-7-10(14(18)19)13(16-8)17-12-5-3-4-11(15)9(12)2/h3-7H,1-2H3,(H,16,17)(H,18,19). The predicted molar refractivity (Wildman–Crippen MR) is 75.4 cm³/mol. The first-order valence-corrected chi connectivity index (χ1v) is 6.10. The van der Waals surface area contributed by atoms with E-state index >= 15 is 0 Å². The van der Waals surface area contributed by atoms with Crippen molar-refractivity contribution in [3.05, 3.63) is 52.2 Å². The van der Waals surface area contributed by atoms with Gasteiger partial charge in [-0.1, -0.05) is 17.7 Å². The number of nitrogens with zero attached hydrogens (tertiary/aromatic N) is 1. The predicted octanol–water partition coefficient (Wildman–Crippen LogP) is 3.79. The maximum Gasteiger partial charge on any atom is 0.339 e. The van der Waals surface area contributed by atoms with Crippen molar-refractivity contribution in [2.24, 2.45) is 0 Å². The van der Waals surface area contributed by atoms with E-state index in [4.69, 9.17) is 16.7 Å². The van der Waals surface area contributed by atoms with Gasteiger partial charge in [0.1, 0.15) is 11.4 Å². The number of aromatic carboxylic acids is 1. The fourth-order valence-corrected chi connectivity index (χ4v) is 1.87. The molecule has 5 heteroatoms. The molecule has 2 N–H and O–H groups in total. The molecule has 98 valence electrons. The Kier molecular flexibility index (Phi) is 3.71. The third kappa shape index (κ3) is 2.85. The van der Waals surface area contributed by atoms with Crippen molar-refractivity contribution in [1.29, 1.82) is 0 Å². The van der Waals surface area contributed by atoms with Gasteiger partial charge in [0.05, 0.1) is 0 Å². The monoisotopic (exact) mass is 276 g/mol. The zero-order chi connectivity index (χ0) is 14.0. The molecule has 19 heavy (non-hydrogen) atoms. The van der Waals surface area contributed by atoms with Gasteiger partial charge in [0.25, 0.3) is 0 Å². The molecule has 0 fully saturated rings. The number of anilines is 2. The summed E-state index contributed by atoms with van der Waals surface area (Å²) in [6.07, 6.45) is 0. The first-order valence-electron chi connectivity index (χ1n) is 5.72. The summed E-state index contributed by atoms with van der Waals surface area (Å²) in [5.74, 6) is -0.701. The molecule has 0 spiro atoms. The van der Waals surface area contributed by atoms with Crippen LogP contribution in [-0.4, -0.2) is 16.1 Å². The molecule has 0 bridgehead atoms. The summed E-state index contributed by atoms with van der Waals surface area (Å²) in [4.78, 5) is 15.4. The number of hydrogen-bond donors (Lipinski definition) is 2. The molecule has 0 aliphatic carbocycles. The van der Waals surface area contributed by atoms with E-state index in [0.717, 1.165) is 16.9 Å². The number of carboxylic acids is 1. The van der Waals surface area contributed by atoms with Crippen molar-refractivity contribution in [3.8, 4) is 0 Å². The number of carbonyl (C=O) groups is 1. The van der Waals surface area contributed by atoms with E-state index in [-0.39, 0.29) is 5.56 Å². The van der Waals surface area contributed by atoms with E-state index in [2.05, 4.69) is 10.3 Å². The molecule has 2 aromatic rings. The quantitative estimate of drug-likeness (QED) is 0.895. The zero-order valence-electron chi connectivity index (χ0n) is 10.6. The second-order valence-corrected chi connectivity index (χ2v) is 4.60. The van der Waals surface area contributed by atoms with E-state index in [1.54, 1.807) is 18.2 Å². The van der Waals surface area contributed by atoms with Gasteiger partial charge in [0.15, 0.2) is 0 Å². The summed E-state index contributed by atoms with van der Waals surface area (Å²) in [7, 11) is 0. The first kappa shape index (κ1) is 13.4. The lowest BCUT2D eigenvalue weighted by Crippen LogP contribution is -2.06. The van der Waals surface area contributed by atoms with E-state index < -0.39 is 5.97 Å². The van der Waals surface area contributed by atoms with Gasteiger partial charge in [0, 0.05) is 16.4 Å². The lowest BCUT2D eigenvalue weighted by molar-refractivity contribution is 0.0697. The molecule has 0 radical (unpaired) electrons. The van der Waals surface area contributed by atoms with Crippen LogP contribution >= 0.6 is 11.6 Å². The molecule has 0 saturated carbocycles. The molecule has 1 heterocycles. The molecule has 2 rings (SSSR count). The van der Waals surface area contributed by atoms with Gasteiger partial charge in [-0.05, 0) is 43.7 Å². The number of rotatable bonds is 3. The summed E-state index contributed by atoms with van der Waals surface area (Å²) in [5, 5.41) is 12.8. The summed E-state index contributed by atoms with van der Waals surface area (Å²) < 4.78 is 0. The van der Waals surface area contributed by atoms with Crippen LogP contribution in [0.2, 0.25) is 5.02 Å². The van der Waals surface area contributed by atoms with Crippen molar-refractivity contribution < 1.29 is 9.90 Å². The minimum atomic E-state index is -1.02. The molecule has 0 atom stereocenters. The Balaban J connectivity index is 2.45. The van der Waals surface area contributed by atoms with Crippen LogP contribution in [0.15, 0.2) is 30.3 Å². The Morgan fingerprint density at radius 1 is 1.26 bits per heavy atom. The molecule has 1 aromatic heterocycles. The maximum atomic E-state index is 11.2. The Bertz CT molecular complexity index is 641. The van der Waals surface area contributed by atoms with Crippen molar-refractivity contribution in [2.45, 2.75) is 13.8 Å². The second kappa shape index (κ2) is 5.28. The van der Waals surface area contributed by atoms with E-state index in [1.165, 1.54) is 6.07 Å². The van der Waals surface area contributed by atoms with E-state index in [9.17, 15) is 4.79 Å². The number of halogens is 1. The Labute approximate surface area is 116 Å². The van der Waals surface area contributed by atoms with Crippen molar-refractivity contribution in [2.75, 3.05) is 5.32 Å². The van der Waals surface area contributed by atoms with Gasteiger partial charge < -0.3 is 10.4 Å². The Morgan fingerprint density at radius 2 is 2.00 bits per heavy atom. The van der Waals surface area contributed by atoms with Gasteiger partial charge >= 0.3 is 5.97 Å². The van der Waals surface area contributed by atoms with Crippen LogP contribution in [0.5, 0.6) is 0 Å². The second-order valence-electron chi connectivity index (χ2n) is 4.19. The molecule has 0 saturated heterocycles. The smallest absolute Gasteiger partial charge is 0.339 e. The van der Waals surface area contributed by atoms with Gasteiger partial charge in [-0.2, -0.15) is 0 Å². The summed E-state index contributed by atoms with van der Waals surface area (Å²) in [6.45, 7) is 3.67. The molecule has 0 amide bonds. The van der Waals surface area contributed by atoms with E-state index in [0.29, 0.717) is 10.8 Å². The fourth-order valence-electron chi connectivity index (χ4n) is 1.70. The van der Waals surface area contributed by atoms with Gasteiger partial charge in [-0.15, -0.1) is 0 Å². The molecule has 0 aliphatic rings. The minimum absolute atomic E-state index is 0.130. The highest BCUT2D eigenvalue weighted by Crippen LogP contribution is 2.27. The van der Waals surface area contributed by atoms with Crippen LogP contribution in [0.3, 0.4) is 0 Å². The number of pyridine rings is 1. The van der Waals surface area contributed by atoms with E-state index in [1.807, 2.05) is 19.9 Å². The third-order valence-corrected chi connectivity index (χ3v) is 3.20. The molecule has 0 aliphatic heterocycles. The lowest BCUT2D eigenvalue weighted by Gasteiger charge is -2.12. The van der Waals surface area contributed by atoms with Gasteiger partial charge in [-0.3, -0.25) is 0 Å². The maximum absolute atomic E-state index is 11.2. The largest absolute Gasteiger partial charge is 0.478 e. The Morgan fingerprint density at radius 3 is 2.68 bits per heavy atom. The molecular formula is C14H13ClN2O2. The van der Waals surface area contributed by atoms with Crippen LogP contribution in [0, 0.1) is 13.8 Å². The minimum Gasteiger partial charge on any atom is -0.478 e. The van der Waals surface area contributed by atoms with Crippen molar-refractivity contribution in [3.63, 3.8) is 0 Å². The fraction of sp³-hybridized carbons (Fsp3) is 0.143. The molecule has 0 unspecified atom stereocenters. The van der Waals surface area contributed by atoms with Gasteiger partial charge in [0.2, 0.25) is 0 Å². The number of benzene rings is 1. The van der Waals surface area contributed by atoms with Crippen LogP contribution in [0.25, 0.3) is 0 Å². The summed E-state index contributed by atoms with van der Waals surface area (Å²) >= 11 is 6.04. The summed E-state index contributed by atoms with van der Waals surface area (Å²) in [5.41, 5.74) is 2.47. The summed E-state index contributed by atoms with van der Waals surface area (Å²) in [6, 6.07) is 8.61. The zero-order valence-corrected chi connectivity index (χ0v) is 11.3. The van der Waals surface area contributed by atoms with Crippen LogP contribution in [0.4, 0.5) is 11.5 Å². The van der Waals surface area contributed by atoms with Crippen LogP contribution < -0.4 is 5.32 Å². The highest BCUT2D eigenvalue weighted by Gasteiger charge is 2.13. The number of aryl methyl sites for hydroxylation is 1. The van der Waals surface area contributed by atoms with Crippen LogP contribution in [-0.2, 0) is 0 Å². The highest BCUT2D eigenvalue weighted by molar-refractivity contribution is 6.31. The van der Waals surface area contributed by atoms with Crippen molar-refractivity contribution in [1.82, 2.24) is 4.98 Å². The molecule has 4 nitrogen and oxygen atoms in total. The first-order chi connectivity index (χ1) is 8.99. The molecule has 1 aromatic carbocycles. The van der Waals surface area contributed by atoms with Crippen LogP contribution in [0.1, 0.15) is 21.6 Å². The van der Waals surface area contributed by atoms with Gasteiger partial charge in [-0.25, -0.2) is 9.78 Å². The number of hydrogen-bond acceptors (Lipinski definition) is 3. The SMILES string of the molecule is Cc1ccc(C(=O)O)c(Nc2cccc(Cl)c2C)n1. The third-order valence-electron chi connectivity index (χ3n) is 2.79. The molecular weight excluding hydrogens is 264 g/mol. The highest BCUT2D eigenvalue weighted by atomic mass is 35.5. The number of carboxylic acid groups (broad SMARTS) is 1. The Hall–Kier alpha value is -2.07.